The van der Waals surface area contributed by atoms with Crippen LogP contribution in [0.4, 0.5) is 0 Å². The molecule has 0 radical (unpaired) electrons. The molecule has 0 spiro atoms. The topological polar surface area (TPSA) is 0 Å². The summed E-state index contributed by atoms with van der Waals surface area (Å²) in [5.74, 6) is 0. The maximum Gasteiger partial charge on any atom is 0 e. The van der Waals surface area contributed by atoms with Crippen LogP contribution in [0.3, 0.4) is 0 Å². The van der Waals surface area contributed by atoms with Gasteiger partial charge < -0.3 is 6.58 Å². The Bertz CT molecular complexity index is 30.5. The number of allylic oxidation sites excluding steroid dienone is 1. The van der Waals surface area contributed by atoms with Crippen molar-refractivity contribution in [1.82, 2.24) is 0 Å². The zero-order valence-electron chi connectivity index (χ0n) is 3.99. The average molecular weight is 477 g/mol. The smallest absolute Gasteiger partial charge is 0 e. The molecule has 0 unspecified atom stereocenters. The van der Waals surface area contributed by atoms with Crippen molar-refractivity contribution in [2.45, 2.75) is 13.8 Å². The minimum absolute atomic E-state index is 0. The predicted octanol–water partition coefficient (Wildman–Crippen LogP) is 1.38. The maximum atomic E-state index is 5.03. The van der Waals surface area contributed by atoms with Gasteiger partial charge in [0.2, 0.25) is 0 Å². The van der Waals surface area contributed by atoms with E-state index in [1.54, 1.807) is 0 Å². The third kappa shape index (κ3) is 50.2. The van der Waals surface area contributed by atoms with Crippen molar-refractivity contribution in [3.05, 3.63) is 12.2 Å². The van der Waals surface area contributed by atoms with Crippen molar-refractivity contribution < 1.29 is 52.2 Å². The van der Waals surface area contributed by atoms with Gasteiger partial charge in [-0.1, -0.05) is 13.8 Å². The molecule has 0 heterocycles. The van der Waals surface area contributed by atoms with E-state index in [0.717, 1.165) is 5.57 Å². The minimum atomic E-state index is 0. The molecule has 0 bridgehead atoms. The summed E-state index contributed by atoms with van der Waals surface area (Å²) in [7, 11) is 0. The third-order valence-electron chi connectivity index (χ3n) is 0. The standard InChI is InChI=1S/C4H7.U.W/c1-4(2)3;;/h1H,2-3H3;;/q-1;;. The van der Waals surface area contributed by atoms with Gasteiger partial charge in [0.25, 0.3) is 0 Å². The summed E-state index contributed by atoms with van der Waals surface area (Å²) in [6.45, 7) is 8.75. The Kier molecular flexibility index (Phi) is 25.3. The monoisotopic (exact) mass is 477 g/mol. The van der Waals surface area contributed by atoms with E-state index in [1.165, 1.54) is 0 Å². The molecule has 0 rings (SSSR count). The summed E-state index contributed by atoms with van der Waals surface area (Å²) in [4.78, 5) is 0. The molecule has 0 N–H and O–H groups in total. The molecular formula is C4H7UW-. The zero-order chi connectivity index (χ0) is 3.58. The summed E-state index contributed by atoms with van der Waals surface area (Å²) in [5, 5.41) is 0. The van der Waals surface area contributed by atoms with E-state index in [1.807, 2.05) is 13.8 Å². The predicted molar refractivity (Wildman–Crippen MR) is 19.2 cm³/mol. The molecular weight excluding hydrogens is 470 g/mol. The van der Waals surface area contributed by atoms with Gasteiger partial charge in [0.1, 0.15) is 0 Å². The summed E-state index contributed by atoms with van der Waals surface area (Å²) < 4.78 is 0. The first-order valence-corrected chi connectivity index (χ1v) is 1.29. The molecule has 0 atom stereocenters. The Morgan fingerprint density at radius 1 is 1.33 bits per heavy atom. The van der Waals surface area contributed by atoms with Gasteiger partial charge in [0.15, 0.2) is 0 Å². The molecule has 0 nitrogen and oxygen atoms in total. The van der Waals surface area contributed by atoms with E-state index in [0.29, 0.717) is 0 Å². The van der Waals surface area contributed by atoms with Crippen LogP contribution in [-0.4, -0.2) is 0 Å². The van der Waals surface area contributed by atoms with Crippen molar-refractivity contribution in [1.29, 1.82) is 0 Å². The Labute approximate surface area is 77.4 Å². The van der Waals surface area contributed by atoms with Gasteiger partial charge >= 0.3 is 0 Å². The molecule has 0 fully saturated rings. The van der Waals surface area contributed by atoms with E-state index < -0.39 is 0 Å². The molecule has 0 aromatic carbocycles. The Hall–Kier alpha value is 1.48. The molecule has 0 saturated carbocycles. The molecule has 0 saturated heterocycles. The molecule has 0 aliphatic rings. The van der Waals surface area contributed by atoms with E-state index in [9.17, 15) is 0 Å². The van der Waals surface area contributed by atoms with Crippen molar-refractivity contribution in [2.75, 3.05) is 0 Å². The second-order valence-electron chi connectivity index (χ2n) is 1.08. The van der Waals surface area contributed by atoms with Crippen LogP contribution in [0.25, 0.3) is 0 Å². The van der Waals surface area contributed by atoms with Crippen molar-refractivity contribution in [2.24, 2.45) is 0 Å². The Morgan fingerprint density at radius 2 is 1.33 bits per heavy atom. The van der Waals surface area contributed by atoms with Crippen LogP contribution in [0.15, 0.2) is 5.57 Å². The molecule has 34 valence electrons. The quantitative estimate of drug-likeness (QED) is 0.464. The van der Waals surface area contributed by atoms with Crippen LogP contribution >= 0.6 is 0 Å². The minimum Gasteiger partial charge on any atom is -0.515 e. The van der Waals surface area contributed by atoms with Gasteiger partial charge in [-0.05, 0) is 0 Å². The van der Waals surface area contributed by atoms with Crippen LogP contribution in [0.1, 0.15) is 13.8 Å². The van der Waals surface area contributed by atoms with Crippen LogP contribution in [-0.2, 0) is 21.1 Å². The molecule has 6 heavy (non-hydrogen) atoms. The van der Waals surface area contributed by atoms with E-state index in [4.69, 9.17) is 6.58 Å². The fourth-order valence-corrected chi connectivity index (χ4v) is 0. The van der Waals surface area contributed by atoms with Gasteiger partial charge in [-0.15, -0.1) is 0 Å². The Balaban J connectivity index is -0.0000000450. The third-order valence-corrected chi connectivity index (χ3v) is 0. The summed E-state index contributed by atoms with van der Waals surface area (Å²) in [6.07, 6.45) is 0. The second kappa shape index (κ2) is 9.70. The molecule has 2 heteroatoms. The van der Waals surface area contributed by atoms with Crippen molar-refractivity contribution >= 4 is 0 Å². The SMILES string of the molecule is [CH-]=C(C)C.[U].[W]. The first kappa shape index (κ1) is 15.6. The fourth-order valence-electron chi connectivity index (χ4n) is 0. The van der Waals surface area contributed by atoms with Crippen LogP contribution < -0.4 is 0 Å². The van der Waals surface area contributed by atoms with Crippen molar-refractivity contribution in [3.63, 3.8) is 0 Å². The van der Waals surface area contributed by atoms with Gasteiger partial charge in [0, 0.05) is 52.2 Å². The number of hydrogen-bond donors (Lipinski definition) is 0. The number of rotatable bonds is 0. The largest absolute Gasteiger partial charge is 0.515 e. The molecule has 0 amide bonds. The zero-order valence-corrected chi connectivity index (χ0v) is 11.1. The first-order chi connectivity index (χ1) is 1.73. The molecule has 0 aliphatic carbocycles. The van der Waals surface area contributed by atoms with E-state index >= 15 is 0 Å². The Morgan fingerprint density at radius 3 is 1.33 bits per heavy atom. The first-order valence-electron chi connectivity index (χ1n) is 1.29. The average Bonchev–Trinajstić information content (AvgIpc) is 0.811. The van der Waals surface area contributed by atoms with E-state index in [2.05, 4.69) is 0 Å². The van der Waals surface area contributed by atoms with Crippen LogP contribution in [0, 0.1) is 37.7 Å². The maximum absolute atomic E-state index is 5.03. The van der Waals surface area contributed by atoms with Gasteiger partial charge in [-0.2, -0.15) is 0 Å². The summed E-state index contributed by atoms with van der Waals surface area (Å²) in [5.41, 5.74) is 0.917. The van der Waals surface area contributed by atoms with E-state index in [-0.39, 0.29) is 52.2 Å². The van der Waals surface area contributed by atoms with Gasteiger partial charge in [0.05, 0.1) is 0 Å². The fraction of sp³-hybridized carbons (Fsp3) is 0.500. The van der Waals surface area contributed by atoms with Crippen LogP contribution in [0.5, 0.6) is 0 Å². The normalized spacial score (nSPS) is 4.33. The van der Waals surface area contributed by atoms with Crippen molar-refractivity contribution in [3.8, 4) is 0 Å². The van der Waals surface area contributed by atoms with Gasteiger partial charge in [-0.25, -0.2) is 0 Å². The molecule has 0 aromatic heterocycles. The number of hydrogen-bond acceptors (Lipinski definition) is 0. The van der Waals surface area contributed by atoms with Gasteiger partial charge in [-0.3, -0.25) is 5.57 Å². The second-order valence-corrected chi connectivity index (χ2v) is 1.08. The summed E-state index contributed by atoms with van der Waals surface area (Å²) in [6, 6.07) is 0. The molecule has 0 aromatic rings. The van der Waals surface area contributed by atoms with Crippen LogP contribution in [0.2, 0.25) is 0 Å². The summed E-state index contributed by atoms with van der Waals surface area (Å²) >= 11 is 0. The molecule has 0 aliphatic heterocycles.